The van der Waals surface area contributed by atoms with Gasteiger partial charge >= 0.3 is 0 Å². The van der Waals surface area contributed by atoms with E-state index in [2.05, 4.69) is 0 Å². The van der Waals surface area contributed by atoms with Gasteiger partial charge in [-0.2, -0.15) is 11.8 Å². The number of quaternary nitrogens is 1. The third kappa shape index (κ3) is 3.23. The zero-order chi connectivity index (χ0) is 12.1. The maximum Gasteiger partial charge on any atom is 0.150 e. The van der Waals surface area contributed by atoms with Crippen LogP contribution in [0.4, 0.5) is 0 Å². The number of thioether (sulfide) groups is 1. The van der Waals surface area contributed by atoms with Crippen LogP contribution in [0.2, 0.25) is 0 Å². The second-order valence-electron chi connectivity index (χ2n) is 4.23. The number of rotatable bonds is 4. The molecule has 1 heterocycles. The number of benzene rings is 1. The maximum absolute atomic E-state index is 10.8. The van der Waals surface area contributed by atoms with Crippen molar-refractivity contribution in [1.29, 1.82) is 0 Å². The fourth-order valence-corrected chi connectivity index (χ4v) is 3.19. The van der Waals surface area contributed by atoms with Crippen molar-refractivity contribution in [3.63, 3.8) is 0 Å². The van der Waals surface area contributed by atoms with Crippen LogP contribution in [0.1, 0.15) is 15.9 Å². The molecule has 0 bridgehead atoms. The summed E-state index contributed by atoms with van der Waals surface area (Å²) in [7, 11) is 1.68. The second kappa shape index (κ2) is 6.07. The van der Waals surface area contributed by atoms with Crippen LogP contribution in [-0.2, 0) is 6.54 Å². The first-order chi connectivity index (χ1) is 8.33. The van der Waals surface area contributed by atoms with Gasteiger partial charge in [0.2, 0.25) is 0 Å². The molecule has 92 valence electrons. The minimum Gasteiger partial charge on any atom is -0.496 e. The molecule has 1 aliphatic heterocycles. The van der Waals surface area contributed by atoms with Gasteiger partial charge in [0.1, 0.15) is 18.6 Å². The van der Waals surface area contributed by atoms with E-state index in [4.69, 9.17) is 4.74 Å². The van der Waals surface area contributed by atoms with Crippen molar-refractivity contribution in [2.24, 2.45) is 0 Å². The minimum atomic E-state index is 0.728. The van der Waals surface area contributed by atoms with Crippen molar-refractivity contribution in [2.45, 2.75) is 6.54 Å². The number of carbonyl (C=O) groups is 1. The number of methoxy groups -OCH3 is 1. The molecule has 17 heavy (non-hydrogen) atoms. The number of hydrogen-bond donors (Lipinski definition) is 1. The van der Waals surface area contributed by atoms with Crippen LogP contribution in [0, 0.1) is 0 Å². The van der Waals surface area contributed by atoms with E-state index in [0.717, 1.165) is 29.7 Å². The van der Waals surface area contributed by atoms with Gasteiger partial charge in [0.05, 0.1) is 20.2 Å². The summed E-state index contributed by atoms with van der Waals surface area (Å²) >= 11 is 2.02. The predicted octanol–water partition coefficient (Wildman–Crippen LogP) is 0.639. The van der Waals surface area contributed by atoms with Crippen LogP contribution < -0.4 is 9.64 Å². The number of ether oxygens (including phenoxy) is 1. The standard InChI is InChI=1S/C13H17NO2S/c1-16-13-3-2-11(10-15)8-12(13)9-14-4-6-17-7-5-14/h2-3,8,10H,4-7,9H2,1H3/p+1. The number of aldehydes is 1. The van der Waals surface area contributed by atoms with Crippen molar-refractivity contribution in [2.75, 3.05) is 31.7 Å². The van der Waals surface area contributed by atoms with E-state index in [0.29, 0.717) is 0 Å². The molecule has 1 N–H and O–H groups in total. The van der Waals surface area contributed by atoms with E-state index in [1.807, 2.05) is 23.9 Å². The minimum absolute atomic E-state index is 0.728. The summed E-state index contributed by atoms with van der Waals surface area (Å²) in [6.45, 7) is 3.34. The van der Waals surface area contributed by atoms with E-state index < -0.39 is 0 Å². The van der Waals surface area contributed by atoms with Crippen LogP contribution in [-0.4, -0.2) is 38.0 Å². The molecule has 0 spiro atoms. The Hall–Kier alpha value is -1.00. The van der Waals surface area contributed by atoms with Gasteiger partial charge in [0.25, 0.3) is 0 Å². The Morgan fingerprint density at radius 3 is 2.82 bits per heavy atom. The SMILES string of the molecule is COc1ccc(C=O)cc1C[NH+]1CCSCC1. The first-order valence-electron chi connectivity index (χ1n) is 5.87. The van der Waals surface area contributed by atoms with E-state index >= 15 is 0 Å². The van der Waals surface area contributed by atoms with E-state index in [1.165, 1.54) is 24.6 Å². The first kappa shape index (κ1) is 12.5. The molecular weight excluding hydrogens is 234 g/mol. The van der Waals surface area contributed by atoms with Gasteiger partial charge in [0.15, 0.2) is 0 Å². The number of nitrogens with one attached hydrogen (secondary N) is 1. The lowest BCUT2D eigenvalue weighted by Gasteiger charge is -2.24. The third-order valence-electron chi connectivity index (χ3n) is 3.08. The zero-order valence-electron chi connectivity index (χ0n) is 10.1. The largest absolute Gasteiger partial charge is 0.496 e. The molecule has 1 saturated heterocycles. The Labute approximate surface area is 106 Å². The smallest absolute Gasteiger partial charge is 0.150 e. The lowest BCUT2D eigenvalue weighted by atomic mass is 10.1. The Bertz CT molecular complexity index is 389. The van der Waals surface area contributed by atoms with Gasteiger partial charge in [-0.05, 0) is 18.2 Å². The molecule has 2 rings (SSSR count). The molecule has 0 unspecified atom stereocenters. The fourth-order valence-electron chi connectivity index (χ4n) is 2.12. The Kier molecular flexibility index (Phi) is 4.45. The summed E-state index contributed by atoms with van der Waals surface area (Å²) in [6, 6.07) is 5.63. The average Bonchev–Trinajstić information content (AvgIpc) is 2.40. The van der Waals surface area contributed by atoms with Crippen molar-refractivity contribution >= 4 is 18.0 Å². The van der Waals surface area contributed by atoms with Gasteiger partial charge < -0.3 is 9.64 Å². The summed E-state index contributed by atoms with van der Waals surface area (Å²) in [6.07, 6.45) is 0.893. The summed E-state index contributed by atoms with van der Waals surface area (Å²) < 4.78 is 5.35. The number of hydrogen-bond acceptors (Lipinski definition) is 3. The van der Waals surface area contributed by atoms with Crippen molar-refractivity contribution < 1.29 is 14.4 Å². The fraction of sp³-hybridized carbons (Fsp3) is 0.462. The zero-order valence-corrected chi connectivity index (χ0v) is 10.9. The summed E-state index contributed by atoms with van der Waals surface area (Å²) in [4.78, 5) is 12.4. The molecule has 3 nitrogen and oxygen atoms in total. The molecular formula is C13H18NO2S+. The summed E-state index contributed by atoms with van der Waals surface area (Å²) in [5.74, 6) is 3.34. The van der Waals surface area contributed by atoms with Crippen molar-refractivity contribution in [3.05, 3.63) is 29.3 Å². The normalized spacial score (nSPS) is 16.8. The van der Waals surface area contributed by atoms with Crippen molar-refractivity contribution in [3.8, 4) is 5.75 Å². The van der Waals surface area contributed by atoms with Crippen LogP contribution in [0.25, 0.3) is 0 Å². The molecule has 1 aromatic rings. The Morgan fingerprint density at radius 1 is 1.41 bits per heavy atom. The van der Waals surface area contributed by atoms with Gasteiger partial charge in [-0.25, -0.2) is 0 Å². The highest BCUT2D eigenvalue weighted by Crippen LogP contribution is 2.18. The van der Waals surface area contributed by atoms with E-state index in [1.54, 1.807) is 18.1 Å². The molecule has 0 aliphatic carbocycles. The molecule has 0 aromatic heterocycles. The van der Waals surface area contributed by atoms with E-state index in [9.17, 15) is 4.79 Å². The lowest BCUT2D eigenvalue weighted by molar-refractivity contribution is -0.910. The average molecular weight is 252 g/mol. The molecule has 0 saturated carbocycles. The third-order valence-corrected chi connectivity index (χ3v) is 4.07. The van der Waals surface area contributed by atoms with Crippen LogP contribution in [0.3, 0.4) is 0 Å². The van der Waals surface area contributed by atoms with Crippen LogP contribution in [0.15, 0.2) is 18.2 Å². The summed E-state index contributed by atoms with van der Waals surface area (Å²) in [5, 5.41) is 0. The second-order valence-corrected chi connectivity index (χ2v) is 5.45. The van der Waals surface area contributed by atoms with Gasteiger partial charge in [-0.3, -0.25) is 4.79 Å². The Morgan fingerprint density at radius 2 is 2.18 bits per heavy atom. The van der Waals surface area contributed by atoms with Crippen molar-refractivity contribution in [1.82, 2.24) is 0 Å². The van der Waals surface area contributed by atoms with Gasteiger partial charge in [0, 0.05) is 22.6 Å². The topological polar surface area (TPSA) is 30.7 Å². The highest BCUT2D eigenvalue weighted by atomic mass is 32.2. The molecule has 1 aromatic carbocycles. The molecule has 0 radical (unpaired) electrons. The predicted molar refractivity (Wildman–Crippen MR) is 70.1 cm³/mol. The van der Waals surface area contributed by atoms with Crippen LogP contribution in [0.5, 0.6) is 5.75 Å². The van der Waals surface area contributed by atoms with Gasteiger partial charge in [-0.15, -0.1) is 0 Å². The molecule has 4 heteroatoms. The number of carbonyl (C=O) groups excluding carboxylic acids is 1. The highest BCUT2D eigenvalue weighted by Gasteiger charge is 2.16. The van der Waals surface area contributed by atoms with Gasteiger partial charge in [-0.1, -0.05) is 0 Å². The monoisotopic (exact) mass is 252 g/mol. The molecule has 1 aliphatic rings. The first-order valence-corrected chi connectivity index (χ1v) is 7.02. The maximum atomic E-state index is 10.8. The molecule has 0 amide bonds. The quantitative estimate of drug-likeness (QED) is 0.798. The Balaban J connectivity index is 2.13. The lowest BCUT2D eigenvalue weighted by Crippen LogP contribution is -3.12. The summed E-state index contributed by atoms with van der Waals surface area (Å²) in [5.41, 5.74) is 1.87. The molecule has 1 fully saturated rings. The van der Waals surface area contributed by atoms with Crippen LogP contribution >= 0.6 is 11.8 Å². The highest BCUT2D eigenvalue weighted by molar-refractivity contribution is 7.99. The molecule has 0 atom stereocenters. The van der Waals surface area contributed by atoms with E-state index in [-0.39, 0.29) is 0 Å².